The highest BCUT2D eigenvalue weighted by atomic mass is 79.9. The quantitative estimate of drug-likeness (QED) is 0.917. The second-order valence-corrected chi connectivity index (χ2v) is 4.13. The zero-order chi connectivity index (χ0) is 11.5. The maximum Gasteiger partial charge on any atom is 0.148 e. The number of hydrogen-bond acceptors (Lipinski definition) is 3. The van der Waals surface area contributed by atoms with Crippen LogP contribution in [0.4, 0.5) is 15.9 Å². The van der Waals surface area contributed by atoms with Gasteiger partial charge in [-0.05, 0) is 34.5 Å². The van der Waals surface area contributed by atoms with Crippen molar-refractivity contribution >= 4 is 27.4 Å². The molecule has 2 rings (SSSR count). The van der Waals surface area contributed by atoms with E-state index in [0.717, 1.165) is 5.56 Å². The Kier molecular flexibility index (Phi) is 3.14. The van der Waals surface area contributed by atoms with E-state index in [1.807, 2.05) is 13.0 Å². The van der Waals surface area contributed by atoms with Crippen LogP contribution in [0.1, 0.15) is 5.56 Å². The third-order valence-electron chi connectivity index (χ3n) is 2.13. The van der Waals surface area contributed by atoms with Crippen LogP contribution in [0, 0.1) is 12.7 Å². The molecule has 0 aliphatic rings. The first kappa shape index (κ1) is 11.0. The molecule has 0 atom stereocenters. The zero-order valence-electron chi connectivity index (χ0n) is 8.54. The Morgan fingerprint density at radius 1 is 1.38 bits per heavy atom. The molecule has 0 saturated carbocycles. The van der Waals surface area contributed by atoms with E-state index < -0.39 is 0 Å². The number of benzene rings is 1. The fourth-order valence-corrected chi connectivity index (χ4v) is 1.63. The second-order valence-electron chi connectivity index (χ2n) is 3.28. The van der Waals surface area contributed by atoms with Crippen molar-refractivity contribution in [3.05, 3.63) is 46.6 Å². The van der Waals surface area contributed by atoms with Crippen molar-refractivity contribution in [1.29, 1.82) is 0 Å². The number of nitrogens with one attached hydrogen (secondary N) is 1. The minimum absolute atomic E-state index is 0.300. The smallest absolute Gasteiger partial charge is 0.148 e. The van der Waals surface area contributed by atoms with Crippen molar-refractivity contribution < 1.29 is 4.39 Å². The Balaban J connectivity index is 2.38. The molecule has 3 nitrogen and oxygen atoms in total. The van der Waals surface area contributed by atoms with Crippen LogP contribution in [0.5, 0.6) is 0 Å². The van der Waals surface area contributed by atoms with E-state index in [9.17, 15) is 4.39 Å². The van der Waals surface area contributed by atoms with E-state index in [-0.39, 0.29) is 5.82 Å². The highest BCUT2D eigenvalue weighted by Gasteiger charge is 2.07. The van der Waals surface area contributed by atoms with Gasteiger partial charge in [0.15, 0.2) is 0 Å². The molecule has 0 fully saturated rings. The fourth-order valence-electron chi connectivity index (χ4n) is 1.31. The minimum Gasteiger partial charge on any atom is -0.337 e. The third kappa shape index (κ3) is 2.19. The van der Waals surface area contributed by atoms with Crippen molar-refractivity contribution in [3.63, 3.8) is 0 Å². The minimum atomic E-state index is -0.300. The number of para-hydroxylation sites is 1. The highest BCUT2D eigenvalue weighted by Crippen LogP contribution is 2.26. The summed E-state index contributed by atoms with van der Waals surface area (Å²) in [7, 11) is 0. The lowest BCUT2D eigenvalue weighted by atomic mass is 10.2. The van der Waals surface area contributed by atoms with Crippen LogP contribution in [-0.2, 0) is 0 Å². The molecular weight excluding hydrogens is 273 g/mol. The molecule has 1 aromatic carbocycles. The largest absolute Gasteiger partial charge is 0.337 e. The Morgan fingerprint density at radius 3 is 2.88 bits per heavy atom. The molecular formula is C11H9BrFN3. The standard InChI is InChI=1S/C11H9BrFN3/c1-7-3-2-4-9(13)10(7)16-11-8(12)5-14-6-15-11/h2-6H,1H3,(H,14,15,16). The number of halogens is 2. The maximum atomic E-state index is 13.5. The molecule has 0 saturated heterocycles. The van der Waals surface area contributed by atoms with Gasteiger partial charge in [0.2, 0.25) is 0 Å². The van der Waals surface area contributed by atoms with Gasteiger partial charge in [-0.3, -0.25) is 0 Å². The van der Waals surface area contributed by atoms with Crippen LogP contribution in [0.25, 0.3) is 0 Å². The Morgan fingerprint density at radius 2 is 2.19 bits per heavy atom. The molecule has 0 unspecified atom stereocenters. The summed E-state index contributed by atoms with van der Waals surface area (Å²) in [6.07, 6.45) is 3.01. The van der Waals surface area contributed by atoms with E-state index >= 15 is 0 Å². The first-order chi connectivity index (χ1) is 7.68. The van der Waals surface area contributed by atoms with Crippen LogP contribution in [0.15, 0.2) is 35.2 Å². The van der Waals surface area contributed by atoms with Crippen molar-refractivity contribution in [2.24, 2.45) is 0 Å². The molecule has 1 heterocycles. The van der Waals surface area contributed by atoms with E-state index in [0.29, 0.717) is 16.0 Å². The Hall–Kier alpha value is -1.49. The second kappa shape index (κ2) is 4.57. The van der Waals surface area contributed by atoms with E-state index in [1.165, 1.54) is 12.4 Å². The molecule has 1 N–H and O–H groups in total. The lowest BCUT2D eigenvalue weighted by Gasteiger charge is -2.10. The van der Waals surface area contributed by atoms with E-state index in [4.69, 9.17) is 0 Å². The Bertz CT molecular complexity index is 496. The first-order valence-electron chi connectivity index (χ1n) is 4.66. The Labute approximate surface area is 101 Å². The number of rotatable bonds is 2. The lowest BCUT2D eigenvalue weighted by Crippen LogP contribution is -1.99. The topological polar surface area (TPSA) is 37.8 Å². The van der Waals surface area contributed by atoms with Crippen LogP contribution < -0.4 is 5.32 Å². The summed E-state index contributed by atoms with van der Waals surface area (Å²) in [5.74, 6) is 0.244. The fraction of sp³-hybridized carbons (Fsp3) is 0.0909. The molecule has 0 aliphatic carbocycles. The summed E-state index contributed by atoms with van der Waals surface area (Å²) in [5, 5.41) is 2.94. The number of hydrogen-bond donors (Lipinski definition) is 1. The molecule has 0 radical (unpaired) electrons. The molecule has 0 spiro atoms. The van der Waals surface area contributed by atoms with Gasteiger partial charge in [0.25, 0.3) is 0 Å². The number of aromatic nitrogens is 2. The lowest BCUT2D eigenvalue weighted by molar-refractivity contribution is 0.630. The van der Waals surface area contributed by atoms with Gasteiger partial charge >= 0.3 is 0 Å². The SMILES string of the molecule is Cc1cccc(F)c1Nc1ncncc1Br. The number of aryl methyl sites for hydroxylation is 1. The van der Waals surface area contributed by atoms with E-state index in [1.54, 1.807) is 12.3 Å². The van der Waals surface area contributed by atoms with Crippen molar-refractivity contribution in [1.82, 2.24) is 9.97 Å². The molecule has 5 heteroatoms. The zero-order valence-corrected chi connectivity index (χ0v) is 10.1. The third-order valence-corrected chi connectivity index (χ3v) is 2.71. The maximum absolute atomic E-state index is 13.5. The molecule has 0 bridgehead atoms. The van der Waals surface area contributed by atoms with Gasteiger partial charge in [-0.2, -0.15) is 0 Å². The predicted molar refractivity (Wildman–Crippen MR) is 64.2 cm³/mol. The average molecular weight is 282 g/mol. The molecule has 2 aromatic rings. The highest BCUT2D eigenvalue weighted by molar-refractivity contribution is 9.10. The molecule has 82 valence electrons. The van der Waals surface area contributed by atoms with Crippen molar-refractivity contribution in [2.45, 2.75) is 6.92 Å². The van der Waals surface area contributed by atoms with Gasteiger partial charge in [-0.1, -0.05) is 12.1 Å². The monoisotopic (exact) mass is 281 g/mol. The molecule has 0 aliphatic heterocycles. The number of nitrogens with zero attached hydrogens (tertiary/aromatic N) is 2. The summed E-state index contributed by atoms with van der Waals surface area (Å²) < 4.78 is 14.2. The van der Waals surface area contributed by atoms with Gasteiger partial charge in [0, 0.05) is 6.20 Å². The summed E-state index contributed by atoms with van der Waals surface area (Å²) >= 11 is 3.29. The van der Waals surface area contributed by atoms with Crippen LogP contribution in [-0.4, -0.2) is 9.97 Å². The summed E-state index contributed by atoms with van der Waals surface area (Å²) in [6, 6.07) is 4.91. The summed E-state index contributed by atoms with van der Waals surface area (Å²) in [5.41, 5.74) is 1.26. The van der Waals surface area contributed by atoms with Gasteiger partial charge in [0.1, 0.15) is 18.0 Å². The summed E-state index contributed by atoms with van der Waals surface area (Å²) in [6.45, 7) is 1.83. The predicted octanol–water partition coefficient (Wildman–Crippen LogP) is 3.43. The normalized spacial score (nSPS) is 10.2. The van der Waals surface area contributed by atoms with Crippen LogP contribution in [0.2, 0.25) is 0 Å². The van der Waals surface area contributed by atoms with Gasteiger partial charge in [-0.15, -0.1) is 0 Å². The number of anilines is 2. The van der Waals surface area contributed by atoms with Crippen molar-refractivity contribution in [3.8, 4) is 0 Å². The molecule has 1 aromatic heterocycles. The van der Waals surface area contributed by atoms with Gasteiger partial charge in [-0.25, -0.2) is 14.4 Å². The molecule has 0 amide bonds. The van der Waals surface area contributed by atoms with Crippen molar-refractivity contribution in [2.75, 3.05) is 5.32 Å². The first-order valence-corrected chi connectivity index (χ1v) is 5.45. The van der Waals surface area contributed by atoms with E-state index in [2.05, 4.69) is 31.2 Å². The van der Waals surface area contributed by atoms with Gasteiger partial charge < -0.3 is 5.32 Å². The molecule has 16 heavy (non-hydrogen) atoms. The van der Waals surface area contributed by atoms with Crippen LogP contribution >= 0.6 is 15.9 Å². The summed E-state index contributed by atoms with van der Waals surface area (Å²) in [4.78, 5) is 7.86. The van der Waals surface area contributed by atoms with Crippen LogP contribution in [0.3, 0.4) is 0 Å². The average Bonchev–Trinajstić information content (AvgIpc) is 2.26. The van der Waals surface area contributed by atoms with Gasteiger partial charge in [0.05, 0.1) is 10.2 Å².